The molecular weight excluding hydrogens is 138 g/mol. The molecule has 3 nitrogen and oxygen atoms in total. The van der Waals surface area contributed by atoms with E-state index in [4.69, 9.17) is 0 Å². The average Bonchev–Trinajstić information content (AvgIpc) is 2.27. The van der Waals surface area contributed by atoms with Gasteiger partial charge in [-0.15, -0.1) is 0 Å². The van der Waals surface area contributed by atoms with Crippen LogP contribution in [0.2, 0.25) is 0 Å². The van der Waals surface area contributed by atoms with Crippen molar-refractivity contribution in [3.63, 3.8) is 0 Å². The second-order valence-corrected chi connectivity index (χ2v) is 2.61. The fraction of sp³-hybridized carbons (Fsp3) is 0.250. The van der Waals surface area contributed by atoms with E-state index in [2.05, 4.69) is 16.3 Å². The highest BCUT2D eigenvalue weighted by molar-refractivity contribution is 5.39. The second-order valence-electron chi connectivity index (χ2n) is 2.61. The maximum atomic E-state index is 4.22. The van der Waals surface area contributed by atoms with Gasteiger partial charge in [-0.2, -0.15) is 5.10 Å². The van der Waals surface area contributed by atoms with Crippen LogP contribution in [0.25, 0.3) is 5.65 Å². The molecule has 0 aromatic carbocycles. The van der Waals surface area contributed by atoms with Crippen LogP contribution >= 0.6 is 0 Å². The molecule has 0 amide bonds. The zero-order valence-corrected chi connectivity index (χ0v) is 6.50. The zero-order valence-electron chi connectivity index (χ0n) is 6.50. The lowest BCUT2D eigenvalue weighted by molar-refractivity contribution is 0.918. The standard InChI is InChI=1S/C8H8N3/c1-6-3-8-10-7(2)5-11(8)9-4-6/h3-4H,1-2H3. The van der Waals surface area contributed by atoms with Gasteiger partial charge in [0.1, 0.15) is 6.20 Å². The predicted molar refractivity (Wildman–Crippen MR) is 41.3 cm³/mol. The highest BCUT2D eigenvalue weighted by Crippen LogP contribution is 2.02. The van der Waals surface area contributed by atoms with E-state index in [1.165, 1.54) is 0 Å². The summed E-state index contributed by atoms with van der Waals surface area (Å²) < 4.78 is 1.66. The Morgan fingerprint density at radius 2 is 2.27 bits per heavy atom. The molecule has 0 spiro atoms. The molecule has 11 heavy (non-hydrogen) atoms. The number of aromatic nitrogens is 3. The minimum absolute atomic E-state index is 0.863. The fourth-order valence-corrected chi connectivity index (χ4v) is 1.03. The summed E-state index contributed by atoms with van der Waals surface area (Å²) in [5.74, 6) is 0. The monoisotopic (exact) mass is 146 g/mol. The van der Waals surface area contributed by atoms with Crippen molar-refractivity contribution in [2.24, 2.45) is 0 Å². The average molecular weight is 146 g/mol. The fourth-order valence-electron chi connectivity index (χ4n) is 1.03. The van der Waals surface area contributed by atoms with Crippen LogP contribution in [0.15, 0.2) is 12.3 Å². The van der Waals surface area contributed by atoms with E-state index in [1.54, 1.807) is 10.7 Å². The molecule has 2 aromatic rings. The Morgan fingerprint density at radius 3 is 3.09 bits per heavy atom. The lowest BCUT2D eigenvalue weighted by atomic mass is 10.3. The van der Waals surface area contributed by atoms with Gasteiger partial charge in [0, 0.05) is 0 Å². The van der Waals surface area contributed by atoms with Gasteiger partial charge in [-0.25, -0.2) is 9.50 Å². The number of hydrogen-bond donors (Lipinski definition) is 0. The van der Waals surface area contributed by atoms with Crippen LogP contribution in [0.5, 0.6) is 0 Å². The van der Waals surface area contributed by atoms with Gasteiger partial charge in [0.15, 0.2) is 5.65 Å². The van der Waals surface area contributed by atoms with Crippen LogP contribution in [-0.4, -0.2) is 14.6 Å². The van der Waals surface area contributed by atoms with Crippen molar-refractivity contribution in [2.45, 2.75) is 13.8 Å². The van der Waals surface area contributed by atoms with Crippen LogP contribution in [0, 0.1) is 20.0 Å². The third-order valence-electron chi connectivity index (χ3n) is 1.50. The van der Waals surface area contributed by atoms with Crippen LogP contribution in [-0.2, 0) is 0 Å². The molecule has 2 aromatic heterocycles. The van der Waals surface area contributed by atoms with Crippen LogP contribution in [0.4, 0.5) is 0 Å². The van der Waals surface area contributed by atoms with Gasteiger partial charge < -0.3 is 0 Å². The predicted octanol–water partition coefficient (Wildman–Crippen LogP) is 1.15. The second kappa shape index (κ2) is 2.05. The Hall–Kier alpha value is -1.38. The summed E-state index contributed by atoms with van der Waals surface area (Å²) >= 11 is 0. The van der Waals surface area contributed by atoms with Crippen LogP contribution < -0.4 is 0 Å². The Morgan fingerprint density at radius 1 is 1.45 bits per heavy atom. The van der Waals surface area contributed by atoms with E-state index in [0.29, 0.717) is 0 Å². The van der Waals surface area contributed by atoms with Crippen molar-refractivity contribution in [3.05, 3.63) is 29.7 Å². The number of nitrogens with zero attached hydrogens (tertiary/aromatic N) is 3. The first-order chi connectivity index (χ1) is 5.25. The normalized spacial score (nSPS) is 10.7. The molecule has 0 atom stereocenters. The van der Waals surface area contributed by atoms with Crippen LogP contribution in [0.1, 0.15) is 11.3 Å². The molecule has 0 saturated heterocycles. The van der Waals surface area contributed by atoms with E-state index < -0.39 is 0 Å². The third-order valence-corrected chi connectivity index (χ3v) is 1.50. The smallest absolute Gasteiger partial charge is 0.154 e. The van der Waals surface area contributed by atoms with E-state index in [-0.39, 0.29) is 0 Å². The Labute approximate surface area is 64.7 Å². The summed E-state index contributed by atoms with van der Waals surface area (Å²) in [5.41, 5.74) is 2.86. The van der Waals surface area contributed by atoms with Crippen molar-refractivity contribution in [1.29, 1.82) is 0 Å². The Kier molecular flexibility index (Phi) is 1.18. The molecule has 0 unspecified atom stereocenters. The van der Waals surface area contributed by atoms with Crippen molar-refractivity contribution in [2.75, 3.05) is 0 Å². The van der Waals surface area contributed by atoms with Gasteiger partial charge in [0.2, 0.25) is 0 Å². The molecule has 0 bridgehead atoms. The van der Waals surface area contributed by atoms with Gasteiger partial charge >= 0.3 is 0 Å². The first-order valence-corrected chi connectivity index (χ1v) is 3.47. The summed E-state index contributed by atoms with van der Waals surface area (Å²) in [6.07, 6.45) is 4.78. The summed E-state index contributed by atoms with van der Waals surface area (Å²) in [5, 5.41) is 4.10. The quantitative estimate of drug-likeness (QED) is 0.558. The number of aryl methyl sites for hydroxylation is 2. The Balaban J connectivity index is 2.82. The summed E-state index contributed by atoms with van der Waals surface area (Å²) in [6, 6.07) is 1.98. The molecular formula is C8H8N3. The molecule has 0 aliphatic carbocycles. The third kappa shape index (κ3) is 0.981. The molecule has 55 valence electrons. The first-order valence-electron chi connectivity index (χ1n) is 3.47. The van der Waals surface area contributed by atoms with E-state index in [1.807, 2.05) is 19.9 Å². The lowest BCUT2D eigenvalue weighted by Gasteiger charge is -1.90. The molecule has 0 aliphatic rings. The largest absolute Gasteiger partial charge is 0.232 e. The summed E-state index contributed by atoms with van der Waals surface area (Å²) in [7, 11) is 0. The van der Waals surface area contributed by atoms with Gasteiger partial charge in [-0.05, 0) is 25.5 Å². The number of fused-ring (bicyclic) bond motifs is 1. The van der Waals surface area contributed by atoms with Gasteiger partial charge in [0.25, 0.3) is 0 Å². The minimum atomic E-state index is 0.863. The molecule has 2 rings (SSSR count). The molecule has 3 heteroatoms. The maximum Gasteiger partial charge on any atom is 0.154 e. The Bertz CT molecular complexity index is 389. The molecule has 2 heterocycles. The molecule has 0 saturated carbocycles. The number of imidazole rings is 1. The van der Waals surface area contributed by atoms with Crippen molar-refractivity contribution in [3.8, 4) is 0 Å². The molecule has 0 aliphatic heterocycles. The van der Waals surface area contributed by atoms with Crippen molar-refractivity contribution >= 4 is 5.65 Å². The molecule has 0 fully saturated rings. The van der Waals surface area contributed by atoms with Crippen molar-refractivity contribution in [1.82, 2.24) is 14.6 Å². The summed E-state index contributed by atoms with van der Waals surface area (Å²) in [4.78, 5) is 4.22. The summed E-state index contributed by atoms with van der Waals surface area (Å²) in [6.45, 7) is 3.90. The van der Waals surface area contributed by atoms with E-state index >= 15 is 0 Å². The number of rotatable bonds is 0. The lowest BCUT2D eigenvalue weighted by Crippen LogP contribution is -1.89. The maximum absolute atomic E-state index is 4.22. The van der Waals surface area contributed by atoms with Gasteiger partial charge in [-0.3, -0.25) is 0 Å². The van der Waals surface area contributed by atoms with Crippen LogP contribution in [0.3, 0.4) is 0 Å². The minimum Gasteiger partial charge on any atom is -0.232 e. The molecule has 1 radical (unpaired) electrons. The number of hydrogen-bond acceptors (Lipinski definition) is 2. The van der Waals surface area contributed by atoms with E-state index in [9.17, 15) is 0 Å². The topological polar surface area (TPSA) is 30.2 Å². The molecule has 0 N–H and O–H groups in total. The first kappa shape index (κ1) is 6.34. The zero-order chi connectivity index (χ0) is 7.84. The van der Waals surface area contributed by atoms with Gasteiger partial charge in [0.05, 0.1) is 11.9 Å². The van der Waals surface area contributed by atoms with Gasteiger partial charge in [-0.1, -0.05) is 0 Å². The SMILES string of the molecule is Cc1cnn2[c]c(C)nc2c1. The highest BCUT2D eigenvalue weighted by Gasteiger charge is 1.97. The highest BCUT2D eigenvalue weighted by atomic mass is 15.2. The van der Waals surface area contributed by atoms with E-state index in [0.717, 1.165) is 16.9 Å². The van der Waals surface area contributed by atoms with Crippen molar-refractivity contribution < 1.29 is 0 Å².